The Balaban J connectivity index is 2.89. The van der Waals surface area contributed by atoms with E-state index in [4.69, 9.17) is 0 Å². The summed E-state index contributed by atoms with van der Waals surface area (Å²) in [6.07, 6.45) is 10.8. The van der Waals surface area contributed by atoms with Crippen LogP contribution in [0.4, 0.5) is 0 Å². The van der Waals surface area contributed by atoms with E-state index in [1.165, 1.54) is 38.8 Å². The van der Waals surface area contributed by atoms with E-state index >= 15 is 0 Å². The third-order valence-corrected chi connectivity index (χ3v) is 2.35. The highest BCUT2D eigenvalue weighted by molar-refractivity contribution is 4.80. The van der Waals surface area contributed by atoms with Crippen molar-refractivity contribution in [2.24, 2.45) is 0 Å². The fourth-order valence-electron chi connectivity index (χ4n) is 1.45. The van der Waals surface area contributed by atoms with Crippen LogP contribution in [-0.4, -0.2) is 26.2 Å². The normalized spacial score (nSPS) is 11.3. The summed E-state index contributed by atoms with van der Waals surface area (Å²) >= 11 is 0. The molecule has 0 saturated carbocycles. The second kappa shape index (κ2) is 13.7. The van der Waals surface area contributed by atoms with Crippen LogP contribution in [0.25, 0.3) is 0 Å². The molecule has 0 fully saturated rings. The molecule has 0 amide bonds. The molecule has 0 aromatic carbocycles. The molecule has 2 heteroatoms. The Labute approximate surface area is 95.5 Å². The minimum Gasteiger partial charge on any atom is -0.317 e. The van der Waals surface area contributed by atoms with Crippen LogP contribution in [0.2, 0.25) is 0 Å². The molecule has 0 aromatic rings. The predicted octanol–water partition coefficient (Wildman–Crippen LogP) is 2.71. The van der Waals surface area contributed by atoms with E-state index in [9.17, 15) is 0 Å². The van der Waals surface area contributed by atoms with Gasteiger partial charge in [-0.15, -0.1) is 0 Å². The van der Waals surface area contributed by atoms with Crippen LogP contribution in [0, 0.1) is 0 Å². The number of hydrogen-bond acceptors (Lipinski definition) is 2. The van der Waals surface area contributed by atoms with Crippen molar-refractivity contribution >= 4 is 0 Å². The molecule has 0 radical (unpaired) electrons. The van der Waals surface area contributed by atoms with Crippen molar-refractivity contribution in [3.05, 3.63) is 12.2 Å². The molecule has 0 atom stereocenters. The molecule has 0 aliphatic rings. The summed E-state index contributed by atoms with van der Waals surface area (Å²) in [5.74, 6) is 0. The summed E-state index contributed by atoms with van der Waals surface area (Å²) in [4.78, 5) is 0. The van der Waals surface area contributed by atoms with E-state index in [1.807, 2.05) is 0 Å². The molecule has 0 aromatic heterocycles. The molecule has 0 spiro atoms. The van der Waals surface area contributed by atoms with Crippen LogP contribution in [0.3, 0.4) is 0 Å². The molecule has 0 aliphatic carbocycles. The lowest BCUT2D eigenvalue weighted by molar-refractivity contribution is 0.581. The van der Waals surface area contributed by atoms with Gasteiger partial charge >= 0.3 is 0 Å². The first kappa shape index (κ1) is 14.7. The molecule has 0 aliphatic heterocycles. The van der Waals surface area contributed by atoms with Gasteiger partial charge in [0.25, 0.3) is 0 Å². The van der Waals surface area contributed by atoms with Gasteiger partial charge in [-0.2, -0.15) is 0 Å². The van der Waals surface area contributed by atoms with Gasteiger partial charge in [-0.05, 0) is 51.9 Å². The largest absolute Gasteiger partial charge is 0.317 e. The summed E-state index contributed by atoms with van der Waals surface area (Å²) in [6, 6.07) is 0. The highest BCUT2D eigenvalue weighted by Gasteiger charge is 1.88. The second-order valence-electron chi connectivity index (χ2n) is 3.83. The van der Waals surface area contributed by atoms with Gasteiger partial charge in [0.05, 0.1) is 0 Å². The summed E-state index contributed by atoms with van der Waals surface area (Å²) in [7, 11) is 0. The standard InChI is InChI=1S/C13H28N2/c1-3-5-6-8-12-15-13-10-7-9-11-14-4-2/h5-6,14-15H,3-4,7-13H2,1-2H3. The Morgan fingerprint density at radius 2 is 1.53 bits per heavy atom. The lowest BCUT2D eigenvalue weighted by Gasteiger charge is -2.03. The summed E-state index contributed by atoms with van der Waals surface area (Å²) in [5, 5.41) is 6.81. The highest BCUT2D eigenvalue weighted by Crippen LogP contribution is 1.92. The van der Waals surface area contributed by atoms with E-state index in [2.05, 4.69) is 36.6 Å². The number of unbranched alkanes of at least 4 members (excludes halogenated alkanes) is 2. The van der Waals surface area contributed by atoms with Crippen molar-refractivity contribution in [3.8, 4) is 0 Å². The average Bonchev–Trinajstić information content (AvgIpc) is 2.26. The molecular weight excluding hydrogens is 184 g/mol. The topological polar surface area (TPSA) is 24.1 Å². The van der Waals surface area contributed by atoms with Crippen molar-refractivity contribution in [1.82, 2.24) is 10.6 Å². The first-order valence-corrected chi connectivity index (χ1v) is 6.48. The number of allylic oxidation sites excluding steroid dienone is 1. The van der Waals surface area contributed by atoms with E-state index in [-0.39, 0.29) is 0 Å². The molecule has 90 valence electrons. The molecule has 0 bridgehead atoms. The fourth-order valence-corrected chi connectivity index (χ4v) is 1.45. The fraction of sp³-hybridized carbons (Fsp3) is 0.846. The molecule has 15 heavy (non-hydrogen) atoms. The first-order chi connectivity index (χ1) is 7.41. The van der Waals surface area contributed by atoms with Crippen LogP contribution in [0.1, 0.15) is 46.0 Å². The van der Waals surface area contributed by atoms with Crippen molar-refractivity contribution in [2.75, 3.05) is 26.2 Å². The molecule has 0 heterocycles. The van der Waals surface area contributed by atoms with Gasteiger partial charge < -0.3 is 10.6 Å². The number of rotatable bonds is 11. The number of hydrogen-bond donors (Lipinski definition) is 2. The highest BCUT2D eigenvalue weighted by atomic mass is 14.8. The Morgan fingerprint density at radius 3 is 2.20 bits per heavy atom. The number of nitrogens with one attached hydrogen (secondary N) is 2. The third kappa shape index (κ3) is 13.7. The zero-order valence-corrected chi connectivity index (χ0v) is 10.5. The van der Waals surface area contributed by atoms with Crippen LogP contribution >= 0.6 is 0 Å². The second-order valence-corrected chi connectivity index (χ2v) is 3.83. The van der Waals surface area contributed by atoms with Gasteiger partial charge in [0.1, 0.15) is 0 Å². The maximum absolute atomic E-state index is 3.46. The lowest BCUT2D eigenvalue weighted by Crippen LogP contribution is -2.17. The van der Waals surface area contributed by atoms with E-state index < -0.39 is 0 Å². The smallest absolute Gasteiger partial charge is 0.00143 e. The van der Waals surface area contributed by atoms with E-state index in [0.717, 1.165) is 19.5 Å². The maximum Gasteiger partial charge on any atom is -0.00143 e. The zero-order valence-electron chi connectivity index (χ0n) is 10.5. The summed E-state index contributed by atoms with van der Waals surface area (Å²) in [6.45, 7) is 8.91. The average molecular weight is 212 g/mol. The van der Waals surface area contributed by atoms with Gasteiger partial charge in [-0.1, -0.05) is 32.4 Å². The van der Waals surface area contributed by atoms with Crippen LogP contribution in [-0.2, 0) is 0 Å². The molecular formula is C13H28N2. The van der Waals surface area contributed by atoms with Gasteiger partial charge in [0.15, 0.2) is 0 Å². The molecule has 0 rings (SSSR count). The molecule has 2 N–H and O–H groups in total. The Bertz CT molecular complexity index is 132. The van der Waals surface area contributed by atoms with Gasteiger partial charge in [-0.3, -0.25) is 0 Å². The van der Waals surface area contributed by atoms with Crippen LogP contribution < -0.4 is 10.6 Å². The molecule has 0 saturated heterocycles. The first-order valence-electron chi connectivity index (χ1n) is 6.48. The Morgan fingerprint density at radius 1 is 0.800 bits per heavy atom. The monoisotopic (exact) mass is 212 g/mol. The van der Waals surface area contributed by atoms with Crippen LogP contribution in [0.5, 0.6) is 0 Å². The van der Waals surface area contributed by atoms with Gasteiger partial charge in [0.2, 0.25) is 0 Å². The lowest BCUT2D eigenvalue weighted by atomic mass is 10.2. The van der Waals surface area contributed by atoms with Crippen molar-refractivity contribution in [1.29, 1.82) is 0 Å². The van der Waals surface area contributed by atoms with E-state index in [1.54, 1.807) is 0 Å². The van der Waals surface area contributed by atoms with Crippen LogP contribution in [0.15, 0.2) is 12.2 Å². The maximum atomic E-state index is 3.46. The Hall–Kier alpha value is -0.340. The SMILES string of the molecule is CCC=CCCNCCCCCNCC. The van der Waals surface area contributed by atoms with Gasteiger partial charge in [-0.25, -0.2) is 0 Å². The minimum atomic E-state index is 1.10. The third-order valence-electron chi connectivity index (χ3n) is 2.35. The zero-order chi connectivity index (χ0) is 11.2. The van der Waals surface area contributed by atoms with Crippen molar-refractivity contribution in [3.63, 3.8) is 0 Å². The van der Waals surface area contributed by atoms with Gasteiger partial charge in [0, 0.05) is 0 Å². The summed E-state index contributed by atoms with van der Waals surface area (Å²) in [5.41, 5.74) is 0. The molecule has 0 unspecified atom stereocenters. The Kier molecular flexibility index (Phi) is 13.4. The quantitative estimate of drug-likeness (QED) is 0.406. The predicted molar refractivity (Wildman–Crippen MR) is 69.3 cm³/mol. The molecule has 2 nitrogen and oxygen atoms in total. The summed E-state index contributed by atoms with van der Waals surface area (Å²) < 4.78 is 0. The van der Waals surface area contributed by atoms with E-state index in [0.29, 0.717) is 0 Å². The minimum absolute atomic E-state index is 1.10. The van der Waals surface area contributed by atoms with Crippen molar-refractivity contribution in [2.45, 2.75) is 46.0 Å². The van der Waals surface area contributed by atoms with Crippen molar-refractivity contribution < 1.29 is 0 Å².